The van der Waals surface area contributed by atoms with Crippen LogP contribution in [0.1, 0.15) is 53.4 Å². The molecule has 2 rings (SSSR count). The van der Waals surface area contributed by atoms with Crippen LogP contribution in [0.25, 0.3) is 0 Å². The SMILES string of the molecule is CC1(C)CCN(CC2CCCC(C)(C)C2N)C1. The van der Waals surface area contributed by atoms with Gasteiger partial charge < -0.3 is 10.6 Å². The van der Waals surface area contributed by atoms with Gasteiger partial charge in [0.05, 0.1) is 0 Å². The van der Waals surface area contributed by atoms with Gasteiger partial charge in [0.15, 0.2) is 0 Å². The Morgan fingerprint density at radius 1 is 1.18 bits per heavy atom. The van der Waals surface area contributed by atoms with Crippen LogP contribution in [0.4, 0.5) is 0 Å². The molecular formula is C15H30N2. The van der Waals surface area contributed by atoms with Gasteiger partial charge >= 0.3 is 0 Å². The zero-order valence-electron chi connectivity index (χ0n) is 12.1. The van der Waals surface area contributed by atoms with E-state index in [1.165, 1.54) is 45.3 Å². The van der Waals surface area contributed by atoms with E-state index in [0.717, 1.165) is 0 Å². The van der Waals surface area contributed by atoms with E-state index >= 15 is 0 Å². The fourth-order valence-corrected chi connectivity index (χ4v) is 3.72. The molecule has 0 bridgehead atoms. The van der Waals surface area contributed by atoms with Gasteiger partial charge in [-0.05, 0) is 42.6 Å². The van der Waals surface area contributed by atoms with Crippen molar-refractivity contribution in [1.82, 2.24) is 4.90 Å². The molecule has 2 fully saturated rings. The molecule has 1 heterocycles. The Morgan fingerprint density at radius 3 is 2.47 bits per heavy atom. The van der Waals surface area contributed by atoms with Crippen LogP contribution in [0, 0.1) is 16.7 Å². The number of hydrogen-bond acceptors (Lipinski definition) is 2. The molecule has 1 saturated heterocycles. The Bertz CT molecular complexity index is 270. The molecule has 100 valence electrons. The van der Waals surface area contributed by atoms with Gasteiger partial charge in [-0.25, -0.2) is 0 Å². The molecule has 0 aromatic carbocycles. The van der Waals surface area contributed by atoms with Gasteiger partial charge in [0.2, 0.25) is 0 Å². The summed E-state index contributed by atoms with van der Waals surface area (Å²) in [7, 11) is 0. The van der Waals surface area contributed by atoms with Crippen LogP contribution in [0.3, 0.4) is 0 Å². The van der Waals surface area contributed by atoms with Crippen LogP contribution >= 0.6 is 0 Å². The Labute approximate surface area is 107 Å². The summed E-state index contributed by atoms with van der Waals surface area (Å²) in [5.41, 5.74) is 7.34. The van der Waals surface area contributed by atoms with Crippen molar-refractivity contribution >= 4 is 0 Å². The summed E-state index contributed by atoms with van der Waals surface area (Å²) in [5, 5.41) is 0. The van der Waals surface area contributed by atoms with Crippen molar-refractivity contribution < 1.29 is 0 Å². The number of nitrogens with two attached hydrogens (primary N) is 1. The van der Waals surface area contributed by atoms with Gasteiger partial charge in [0, 0.05) is 19.1 Å². The van der Waals surface area contributed by atoms with E-state index in [-0.39, 0.29) is 0 Å². The summed E-state index contributed by atoms with van der Waals surface area (Å²) in [6.07, 6.45) is 5.35. The van der Waals surface area contributed by atoms with E-state index < -0.39 is 0 Å². The lowest BCUT2D eigenvalue weighted by molar-refractivity contribution is 0.107. The van der Waals surface area contributed by atoms with Crippen molar-refractivity contribution in [2.24, 2.45) is 22.5 Å². The maximum Gasteiger partial charge on any atom is 0.0131 e. The Balaban J connectivity index is 1.91. The van der Waals surface area contributed by atoms with Gasteiger partial charge in [0.25, 0.3) is 0 Å². The monoisotopic (exact) mass is 238 g/mol. The summed E-state index contributed by atoms with van der Waals surface area (Å²) in [4.78, 5) is 2.64. The van der Waals surface area contributed by atoms with E-state index in [4.69, 9.17) is 5.73 Å². The quantitative estimate of drug-likeness (QED) is 0.801. The minimum absolute atomic E-state index is 0.345. The molecule has 1 aliphatic heterocycles. The van der Waals surface area contributed by atoms with Crippen LogP contribution in [0.2, 0.25) is 0 Å². The molecule has 2 N–H and O–H groups in total. The minimum Gasteiger partial charge on any atom is -0.327 e. The molecule has 17 heavy (non-hydrogen) atoms. The average Bonchev–Trinajstić information content (AvgIpc) is 2.53. The first-order valence-electron chi connectivity index (χ1n) is 7.28. The smallest absolute Gasteiger partial charge is 0.0131 e. The van der Waals surface area contributed by atoms with Crippen LogP contribution < -0.4 is 5.73 Å². The highest BCUT2D eigenvalue weighted by Gasteiger charge is 2.38. The zero-order chi connectivity index (χ0) is 12.7. The molecular weight excluding hydrogens is 208 g/mol. The minimum atomic E-state index is 0.345. The molecule has 2 heteroatoms. The van der Waals surface area contributed by atoms with Crippen LogP contribution in [0.15, 0.2) is 0 Å². The van der Waals surface area contributed by atoms with E-state index in [1.54, 1.807) is 0 Å². The molecule has 2 aliphatic rings. The first-order valence-corrected chi connectivity index (χ1v) is 7.28. The molecule has 0 amide bonds. The predicted octanol–water partition coefficient (Wildman–Crippen LogP) is 2.87. The highest BCUT2D eigenvalue weighted by molar-refractivity contribution is 4.94. The highest BCUT2D eigenvalue weighted by Crippen LogP contribution is 2.39. The molecule has 0 aromatic rings. The number of nitrogens with zero attached hydrogens (tertiary/aromatic N) is 1. The fraction of sp³-hybridized carbons (Fsp3) is 1.00. The van der Waals surface area contributed by atoms with Crippen molar-refractivity contribution in [2.45, 2.75) is 59.4 Å². The topological polar surface area (TPSA) is 29.3 Å². The predicted molar refractivity (Wildman–Crippen MR) is 73.9 cm³/mol. The fourth-order valence-electron chi connectivity index (χ4n) is 3.72. The van der Waals surface area contributed by atoms with Gasteiger partial charge in [-0.2, -0.15) is 0 Å². The number of likely N-dealkylation sites (tertiary alicyclic amines) is 1. The van der Waals surface area contributed by atoms with Crippen molar-refractivity contribution in [3.63, 3.8) is 0 Å². The lowest BCUT2D eigenvalue weighted by Crippen LogP contribution is -2.50. The van der Waals surface area contributed by atoms with Crippen molar-refractivity contribution in [2.75, 3.05) is 19.6 Å². The van der Waals surface area contributed by atoms with E-state index in [0.29, 0.717) is 22.8 Å². The summed E-state index contributed by atoms with van der Waals surface area (Å²) in [5.74, 6) is 0.715. The number of rotatable bonds is 2. The molecule has 0 spiro atoms. The van der Waals surface area contributed by atoms with Crippen LogP contribution in [-0.4, -0.2) is 30.6 Å². The lowest BCUT2D eigenvalue weighted by Gasteiger charge is -2.43. The van der Waals surface area contributed by atoms with Gasteiger partial charge in [-0.3, -0.25) is 0 Å². The molecule has 1 saturated carbocycles. The van der Waals surface area contributed by atoms with Gasteiger partial charge in [-0.1, -0.05) is 34.1 Å². The largest absolute Gasteiger partial charge is 0.327 e. The maximum absolute atomic E-state index is 6.48. The molecule has 2 atom stereocenters. The van der Waals surface area contributed by atoms with Crippen molar-refractivity contribution in [3.05, 3.63) is 0 Å². The Kier molecular flexibility index (Phi) is 3.57. The second-order valence-corrected chi connectivity index (χ2v) is 7.82. The Morgan fingerprint density at radius 2 is 1.88 bits per heavy atom. The van der Waals surface area contributed by atoms with E-state index in [9.17, 15) is 0 Å². The standard InChI is InChI=1S/C15H30N2/c1-14(2)8-9-17(11-14)10-12-6-5-7-15(3,4)13(12)16/h12-13H,5-11,16H2,1-4H3. The zero-order valence-corrected chi connectivity index (χ0v) is 12.1. The Hall–Kier alpha value is -0.0800. The molecule has 0 radical (unpaired) electrons. The van der Waals surface area contributed by atoms with Gasteiger partial charge in [-0.15, -0.1) is 0 Å². The third-order valence-electron chi connectivity index (χ3n) is 5.06. The van der Waals surface area contributed by atoms with Gasteiger partial charge in [0.1, 0.15) is 0 Å². The molecule has 2 unspecified atom stereocenters. The molecule has 0 aromatic heterocycles. The van der Waals surface area contributed by atoms with Crippen LogP contribution in [0.5, 0.6) is 0 Å². The number of hydrogen-bond donors (Lipinski definition) is 1. The van der Waals surface area contributed by atoms with E-state index in [1.807, 2.05) is 0 Å². The summed E-state index contributed by atoms with van der Waals surface area (Å²) < 4.78 is 0. The van der Waals surface area contributed by atoms with Crippen LogP contribution in [-0.2, 0) is 0 Å². The molecule has 2 nitrogen and oxygen atoms in total. The first kappa shape index (κ1) is 13.4. The van der Waals surface area contributed by atoms with Crippen molar-refractivity contribution in [1.29, 1.82) is 0 Å². The third kappa shape index (κ3) is 3.03. The summed E-state index contributed by atoms with van der Waals surface area (Å²) in [6.45, 7) is 13.2. The third-order valence-corrected chi connectivity index (χ3v) is 5.06. The normalized spacial score (nSPS) is 37.2. The molecule has 1 aliphatic carbocycles. The second-order valence-electron chi connectivity index (χ2n) is 7.82. The lowest BCUT2D eigenvalue weighted by atomic mass is 9.68. The highest BCUT2D eigenvalue weighted by atomic mass is 15.2. The van der Waals surface area contributed by atoms with E-state index in [2.05, 4.69) is 32.6 Å². The first-order chi connectivity index (χ1) is 7.80. The second kappa shape index (κ2) is 4.55. The summed E-state index contributed by atoms with van der Waals surface area (Å²) in [6, 6.07) is 0.389. The van der Waals surface area contributed by atoms with Crippen molar-refractivity contribution in [3.8, 4) is 0 Å². The average molecular weight is 238 g/mol. The summed E-state index contributed by atoms with van der Waals surface area (Å²) >= 11 is 0. The maximum atomic E-state index is 6.48.